The van der Waals surface area contributed by atoms with Crippen molar-refractivity contribution in [1.29, 1.82) is 0 Å². The standard InChI is InChI=1S/Ca.H2O.Ti.V.H/h;1H2;;;/q+1;;;;/p-1. The van der Waals surface area contributed by atoms with Gasteiger partial charge in [0.2, 0.25) is 0 Å². The molecule has 0 heterocycles. The van der Waals surface area contributed by atoms with E-state index in [1.54, 1.807) is 0 Å². The fourth-order valence-corrected chi connectivity index (χ4v) is 0. The van der Waals surface area contributed by atoms with E-state index >= 15 is 0 Å². The molecule has 4 heteroatoms. The van der Waals surface area contributed by atoms with E-state index in [2.05, 4.69) is 0 Å². The van der Waals surface area contributed by atoms with E-state index in [4.69, 9.17) is 0 Å². The molecule has 0 rings (SSSR count). The first-order valence-electron chi connectivity index (χ1n) is 0. The van der Waals surface area contributed by atoms with E-state index < -0.39 is 0 Å². The molecule has 1 radical (unpaired) electrons. The van der Waals surface area contributed by atoms with E-state index in [0.717, 1.165) is 0 Å². The molecule has 0 atom stereocenters. The van der Waals surface area contributed by atoms with Crippen LogP contribution in [0.25, 0.3) is 0 Å². The van der Waals surface area contributed by atoms with Gasteiger partial charge in [0, 0.05) is 40.3 Å². The fraction of sp³-hybridized carbons (Fsp3) is 0. The van der Waals surface area contributed by atoms with Gasteiger partial charge in [-0.3, -0.25) is 0 Å². The van der Waals surface area contributed by atoms with Crippen LogP contribution in [0.4, 0.5) is 0 Å². The third-order valence-electron chi connectivity index (χ3n) is 0. The largest absolute Gasteiger partial charge is 0.870 e. The van der Waals surface area contributed by atoms with Gasteiger partial charge < -0.3 is 5.48 Å². The smallest absolute Gasteiger partial charge is 0 e. The summed E-state index contributed by atoms with van der Waals surface area (Å²) in [6.07, 6.45) is 0. The molecule has 4 heavy (non-hydrogen) atoms. The molecule has 0 amide bonds. The first-order valence-corrected chi connectivity index (χ1v) is 0. The van der Waals surface area contributed by atoms with Crippen molar-refractivity contribution in [2.24, 2.45) is 0 Å². The summed E-state index contributed by atoms with van der Waals surface area (Å²) in [5.74, 6) is 0. The third-order valence-corrected chi connectivity index (χ3v) is 0. The fourth-order valence-electron chi connectivity index (χ4n) is 0. The summed E-state index contributed by atoms with van der Waals surface area (Å²) in [6, 6.07) is 0. The van der Waals surface area contributed by atoms with E-state index in [0.29, 0.717) is 0 Å². The topological polar surface area (TPSA) is 30.0 Å². The van der Waals surface area contributed by atoms with Crippen molar-refractivity contribution in [3.63, 3.8) is 0 Å². The molecular weight excluding hydrogens is 155 g/mol. The van der Waals surface area contributed by atoms with Crippen molar-refractivity contribution in [2.45, 2.75) is 0 Å². The minimum atomic E-state index is 0. The Bertz CT molecular complexity index is 8.00. The van der Waals surface area contributed by atoms with Gasteiger partial charge in [0.1, 0.15) is 0 Å². The molecule has 0 spiro atoms. The minimum Gasteiger partial charge on any atom is -0.870 e. The molecule has 0 saturated heterocycles. The molecule has 0 bridgehead atoms. The Morgan fingerprint density at radius 3 is 1.00 bits per heavy atom. The van der Waals surface area contributed by atoms with Crippen molar-refractivity contribution in [3.05, 3.63) is 0 Å². The zero-order valence-corrected chi connectivity index (χ0v) is 8.48. The molecule has 0 aliphatic carbocycles. The van der Waals surface area contributed by atoms with Gasteiger partial charge in [-0.15, -0.1) is 0 Å². The summed E-state index contributed by atoms with van der Waals surface area (Å²) in [5.41, 5.74) is 0. The molecule has 0 unspecified atom stereocenters. The van der Waals surface area contributed by atoms with Crippen molar-refractivity contribution in [2.75, 3.05) is 0 Å². The summed E-state index contributed by atoms with van der Waals surface area (Å²) in [6.45, 7) is 0. The van der Waals surface area contributed by atoms with Crippen LogP contribution in [0.2, 0.25) is 0 Å². The molecule has 0 aromatic carbocycles. The summed E-state index contributed by atoms with van der Waals surface area (Å²) >= 11 is 0. The summed E-state index contributed by atoms with van der Waals surface area (Å²) < 4.78 is 0. The van der Waals surface area contributed by atoms with Crippen LogP contribution in [0.3, 0.4) is 0 Å². The van der Waals surface area contributed by atoms with E-state index in [1.807, 2.05) is 0 Å². The van der Waals surface area contributed by atoms with Gasteiger partial charge >= 0.3 is 37.7 Å². The molecule has 0 aromatic heterocycles. The maximum Gasteiger partial charge on any atom is 0 e. The SMILES string of the molecule is [CaH+].[OH-].[Ti].[V]. The van der Waals surface area contributed by atoms with Gasteiger partial charge in [0.25, 0.3) is 0 Å². The Labute approximate surface area is 82.0 Å². The van der Waals surface area contributed by atoms with Crippen LogP contribution in [0, 0.1) is 0 Å². The maximum atomic E-state index is 0. The zero-order chi connectivity index (χ0) is 0. The third kappa shape index (κ3) is 8.82. The molecule has 19 valence electrons. The molecule has 1 nitrogen and oxygen atoms in total. The van der Waals surface area contributed by atoms with E-state index in [-0.39, 0.29) is 83.5 Å². The van der Waals surface area contributed by atoms with Crippen LogP contribution in [0.15, 0.2) is 0 Å². The first-order chi connectivity index (χ1) is 0. The van der Waals surface area contributed by atoms with E-state index in [1.165, 1.54) is 0 Å². The Morgan fingerprint density at radius 2 is 1.00 bits per heavy atom. The van der Waals surface area contributed by atoms with Gasteiger partial charge in [-0.05, 0) is 0 Å². The average molecular weight is 157 g/mol. The van der Waals surface area contributed by atoms with E-state index in [9.17, 15) is 0 Å². The summed E-state index contributed by atoms with van der Waals surface area (Å²) in [7, 11) is 0. The Balaban J connectivity index is 0. The molecule has 0 aliphatic heterocycles. The Hall–Kier alpha value is 2.52. The molecule has 0 aliphatic rings. The summed E-state index contributed by atoms with van der Waals surface area (Å²) in [4.78, 5) is 0. The molecular formula is H2CaOTiV. The van der Waals surface area contributed by atoms with Crippen LogP contribution in [0.5, 0.6) is 0 Å². The Kier molecular flexibility index (Phi) is 139. The van der Waals surface area contributed by atoms with Gasteiger partial charge in [0.05, 0.1) is 0 Å². The van der Waals surface area contributed by atoms with Gasteiger partial charge in [-0.25, -0.2) is 0 Å². The minimum absolute atomic E-state index is 0. The van der Waals surface area contributed by atoms with Crippen LogP contribution in [-0.2, 0) is 40.3 Å². The van der Waals surface area contributed by atoms with Crippen molar-refractivity contribution in [3.8, 4) is 0 Å². The van der Waals surface area contributed by atoms with Crippen LogP contribution >= 0.6 is 0 Å². The quantitative estimate of drug-likeness (QED) is 0.422. The van der Waals surface area contributed by atoms with Crippen molar-refractivity contribution >= 4 is 37.7 Å². The number of hydrogen-bond donors (Lipinski definition) is 0. The van der Waals surface area contributed by atoms with Gasteiger partial charge in [-0.1, -0.05) is 0 Å². The van der Waals surface area contributed by atoms with Crippen molar-refractivity contribution in [1.82, 2.24) is 0 Å². The molecule has 1 N–H and O–H groups in total. The zero-order valence-electron chi connectivity index (χ0n) is 2.39. The second-order valence-electron chi connectivity index (χ2n) is 0. The van der Waals surface area contributed by atoms with Gasteiger partial charge in [0.15, 0.2) is 0 Å². The van der Waals surface area contributed by atoms with Crippen molar-refractivity contribution < 1.29 is 45.7 Å². The Morgan fingerprint density at radius 1 is 1.00 bits per heavy atom. The van der Waals surface area contributed by atoms with Crippen LogP contribution in [-0.4, -0.2) is 43.2 Å². The predicted octanol–water partition coefficient (Wildman–Crippen LogP) is -0.830. The molecule has 0 aromatic rings. The number of rotatable bonds is 0. The molecule has 0 fully saturated rings. The normalized spacial score (nSPS) is 0. The second kappa shape index (κ2) is 17.8. The monoisotopic (exact) mass is 157 g/mol. The van der Waals surface area contributed by atoms with Gasteiger partial charge in [-0.2, -0.15) is 0 Å². The summed E-state index contributed by atoms with van der Waals surface area (Å²) in [5, 5.41) is 0. The van der Waals surface area contributed by atoms with Crippen LogP contribution in [0.1, 0.15) is 0 Å². The average Bonchev–Trinajstić information content (AvgIpc) is 0. The second-order valence-corrected chi connectivity index (χ2v) is 0. The number of hydrogen-bond acceptors (Lipinski definition) is 1. The predicted molar refractivity (Wildman–Crippen MR) is 9.08 cm³/mol. The molecule has 0 saturated carbocycles. The maximum absolute atomic E-state index is 0. The first kappa shape index (κ1) is 31.3. The van der Waals surface area contributed by atoms with Crippen LogP contribution < -0.4 is 0 Å².